The molecule has 2 fully saturated rings. The van der Waals surface area contributed by atoms with Crippen LogP contribution >= 0.6 is 0 Å². The van der Waals surface area contributed by atoms with Crippen LogP contribution in [0.2, 0.25) is 0 Å². The number of sulfonamides is 1. The van der Waals surface area contributed by atoms with Gasteiger partial charge >= 0.3 is 0 Å². The van der Waals surface area contributed by atoms with Crippen LogP contribution in [0.25, 0.3) is 0 Å². The molecule has 1 aromatic rings. The molecule has 3 aliphatic heterocycles. The van der Waals surface area contributed by atoms with Crippen molar-refractivity contribution in [2.75, 3.05) is 44.2 Å². The fourth-order valence-corrected chi connectivity index (χ4v) is 5.76. The Balaban J connectivity index is 1.59. The predicted molar refractivity (Wildman–Crippen MR) is 112 cm³/mol. The van der Waals surface area contributed by atoms with E-state index >= 15 is 0 Å². The molecule has 164 valence electrons. The van der Waals surface area contributed by atoms with Gasteiger partial charge in [-0.15, -0.1) is 0 Å². The molecule has 0 bridgehead atoms. The molecule has 0 aliphatic carbocycles. The van der Waals surface area contributed by atoms with Crippen molar-refractivity contribution in [1.29, 1.82) is 0 Å². The molecule has 1 aromatic carbocycles. The number of amides is 2. The number of hydrogen-bond donors (Lipinski definition) is 0. The van der Waals surface area contributed by atoms with Gasteiger partial charge in [-0.25, -0.2) is 8.42 Å². The van der Waals surface area contributed by atoms with Crippen LogP contribution in [-0.2, 0) is 19.6 Å². The second kappa shape index (κ2) is 8.55. The highest BCUT2D eigenvalue weighted by molar-refractivity contribution is 7.89. The zero-order chi connectivity index (χ0) is 21.3. The lowest BCUT2D eigenvalue weighted by Crippen LogP contribution is -2.47. The number of hydrogen-bond acceptors (Lipinski definition) is 5. The van der Waals surface area contributed by atoms with Crippen LogP contribution in [0.15, 0.2) is 23.1 Å². The van der Waals surface area contributed by atoms with Crippen molar-refractivity contribution in [3.8, 4) is 5.75 Å². The summed E-state index contributed by atoms with van der Waals surface area (Å²) in [7, 11) is -3.66. The summed E-state index contributed by atoms with van der Waals surface area (Å²) in [5.41, 5.74) is 0.350. The molecule has 30 heavy (non-hydrogen) atoms. The number of likely N-dealkylation sites (tertiary alicyclic amines) is 1. The van der Waals surface area contributed by atoms with Crippen LogP contribution in [0, 0.1) is 5.92 Å². The number of ether oxygens (including phenoxy) is 1. The van der Waals surface area contributed by atoms with Gasteiger partial charge in [0.15, 0.2) is 6.61 Å². The van der Waals surface area contributed by atoms with Crippen LogP contribution in [0.3, 0.4) is 0 Å². The highest BCUT2D eigenvalue weighted by atomic mass is 32.2. The van der Waals surface area contributed by atoms with Gasteiger partial charge in [-0.2, -0.15) is 4.31 Å². The lowest BCUT2D eigenvalue weighted by molar-refractivity contribution is -0.132. The number of nitrogens with zero attached hydrogens (tertiary/aromatic N) is 3. The number of anilines is 1. The number of piperidine rings is 2. The van der Waals surface area contributed by atoms with Crippen LogP contribution < -0.4 is 9.64 Å². The molecular weight excluding hydrogens is 406 g/mol. The molecule has 2 saturated heterocycles. The predicted octanol–water partition coefficient (Wildman–Crippen LogP) is 1.85. The fraction of sp³-hybridized carbons (Fsp3) is 0.619. The van der Waals surface area contributed by atoms with Crippen LogP contribution in [0.1, 0.15) is 39.0 Å². The molecule has 8 nitrogen and oxygen atoms in total. The quantitative estimate of drug-likeness (QED) is 0.720. The van der Waals surface area contributed by atoms with E-state index < -0.39 is 10.0 Å². The van der Waals surface area contributed by atoms with E-state index in [1.165, 1.54) is 21.3 Å². The minimum absolute atomic E-state index is 0.0973. The summed E-state index contributed by atoms with van der Waals surface area (Å²) in [5.74, 6) is 0.484. The highest BCUT2D eigenvalue weighted by Crippen LogP contribution is 2.35. The minimum atomic E-state index is -3.66. The van der Waals surface area contributed by atoms with Gasteiger partial charge in [0.25, 0.3) is 5.91 Å². The van der Waals surface area contributed by atoms with Gasteiger partial charge in [0, 0.05) is 26.2 Å². The maximum Gasteiger partial charge on any atom is 0.265 e. The molecule has 0 atom stereocenters. The first-order valence-electron chi connectivity index (χ1n) is 10.7. The molecule has 0 radical (unpaired) electrons. The Kier molecular flexibility index (Phi) is 6.02. The summed E-state index contributed by atoms with van der Waals surface area (Å²) in [5, 5.41) is 0. The van der Waals surface area contributed by atoms with E-state index in [-0.39, 0.29) is 29.9 Å². The summed E-state index contributed by atoms with van der Waals surface area (Å²) >= 11 is 0. The van der Waals surface area contributed by atoms with Crippen LogP contribution in [0.4, 0.5) is 5.69 Å². The molecule has 9 heteroatoms. The summed E-state index contributed by atoms with van der Waals surface area (Å²) < 4.78 is 33.3. The molecule has 0 saturated carbocycles. The Morgan fingerprint density at radius 1 is 1.10 bits per heavy atom. The Bertz CT molecular complexity index is 919. The topological polar surface area (TPSA) is 87.2 Å². The maximum absolute atomic E-state index is 13.1. The standard InChI is InChI=1S/C21H29N3O5S/c1-16-7-11-23(12-8-16)30(27,28)17-5-6-19-18(13-17)24(21(26)15-29-19)14-20(25)22-9-3-2-4-10-22/h5-6,13,16H,2-4,7-12,14-15H2,1H3. The van der Waals surface area contributed by atoms with E-state index in [2.05, 4.69) is 6.92 Å². The summed E-state index contributed by atoms with van der Waals surface area (Å²) in [6.45, 7) is 4.26. The van der Waals surface area contributed by atoms with Crippen LogP contribution in [-0.4, -0.2) is 68.8 Å². The molecule has 0 aromatic heterocycles. The Labute approximate surface area is 177 Å². The summed E-state index contributed by atoms with van der Waals surface area (Å²) in [6, 6.07) is 4.58. The van der Waals surface area contributed by atoms with Crippen molar-refractivity contribution in [3.63, 3.8) is 0 Å². The van der Waals surface area contributed by atoms with Crippen molar-refractivity contribution in [1.82, 2.24) is 9.21 Å². The maximum atomic E-state index is 13.1. The Morgan fingerprint density at radius 2 is 1.80 bits per heavy atom. The van der Waals surface area contributed by atoms with E-state index in [9.17, 15) is 18.0 Å². The molecule has 2 amide bonds. The number of carbonyl (C=O) groups excluding carboxylic acids is 2. The molecule has 3 heterocycles. The smallest absolute Gasteiger partial charge is 0.265 e. The Hall–Kier alpha value is -2.13. The van der Waals surface area contributed by atoms with Gasteiger partial charge in [-0.1, -0.05) is 6.92 Å². The molecule has 0 unspecified atom stereocenters. The van der Waals surface area contributed by atoms with E-state index in [0.717, 1.165) is 32.1 Å². The molecule has 4 rings (SSSR count). The highest BCUT2D eigenvalue weighted by Gasteiger charge is 2.33. The molecule has 3 aliphatic rings. The zero-order valence-corrected chi connectivity index (χ0v) is 18.2. The van der Waals surface area contributed by atoms with Crippen LogP contribution in [0.5, 0.6) is 5.75 Å². The molecule has 0 N–H and O–H groups in total. The van der Waals surface area contributed by atoms with Gasteiger partial charge in [0.05, 0.1) is 10.6 Å². The van der Waals surface area contributed by atoms with Gasteiger partial charge in [0.1, 0.15) is 12.3 Å². The monoisotopic (exact) mass is 435 g/mol. The number of fused-ring (bicyclic) bond motifs is 1. The van der Waals surface area contributed by atoms with Crippen molar-refractivity contribution < 1.29 is 22.7 Å². The zero-order valence-electron chi connectivity index (χ0n) is 17.4. The van der Waals surface area contributed by atoms with E-state index in [1.807, 2.05) is 0 Å². The second-order valence-electron chi connectivity index (χ2n) is 8.43. The molecular formula is C21H29N3O5S. The first kappa shape index (κ1) is 21.1. The lowest BCUT2D eigenvalue weighted by Gasteiger charge is -2.33. The number of carbonyl (C=O) groups is 2. The third-order valence-corrected chi connectivity index (χ3v) is 8.15. The average Bonchev–Trinajstić information content (AvgIpc) is 2.76. The average molecular weight is 436 g/mol. The van der Waals surface area contributed by atoms with Crippen molar-refractivity contribution in [3.05, 3.63) is 18.2 Å². The molecule has 0 spiro atoms. The first-order chi connectivity index (χ1) is 14.4. The van der Waals surface area contributed by atoms with Gasteiger partial charge in [-0.05, 0) is 56.2 Å². The normalized spacial score (nSPS) is 21.3. The number of rotatable bonds is 4. The minimum Gasteiger partial charge on any atom is -0.482 e. The largest absolute Gasteiger partial charge is 0.482 e. The van der Waals surface area contributed by atoms with Crippen molar-refractivity contribution >= 4 is 27.5 Å². The van der Waals surface area contributed by atoms with Gasteiger partial charge < -0.3 is 9.64 Å². The SMILES string of the molecule is CC1CCN(S(=O)(=O)c2ccc3c(c2)N(CC(=O)N2CCCCC2)C(=O)CO3)CC1. The second-order valence-corrected chi connectivity index (χ2v) is 10.4. The number of benzene rings is 1. The summed E-state index contributed by atoms with van der Waals surface area (Å²) in [4.78, 5) is 28.6. The first-order valence-corrected chi connectivity index (χ1v) is 12.2. The third kappa shape index (κ3) is 4.18. The summed E-state index contributed by atoms with van der Waals surface area (Å²) in [6.07, 6.45) is 4.72. The lowest BCUT2D eigenvalue weighted by atomic mass is 10.0. The Morgan fingerprint density at radius 3 is 2.50 bits per heavy atom. The van der Waals surface area contributed by atoms with Gasteiger partial charge in [0.2, 0.25) is 15.9 Å². The van der Waals surface area contributed by atoms with E-state index in [0.29, 0.717) is 43.5 Å². The van der Waals surface area contributed by atoms with E-state index in [4.69, 9.17) is 4.74 Å². The fourth-order valence-electron chi connectivity index (χ4n) is 4.27. The van der Waals surface area contributed by atoms with E-state index in [1.54, 1.807) is 11.0 Å². The van der Waals surface area contributed by atoms with Gasteiger partial charge in [-0.3, -0.25) is 14.5 Å². The van der Waals surface area contributed by atoms with Crippen molar-refractivity contribution in [2.45, 2.75) is 43.9 Å². The third-order valence-electron chi connectivity index (χ3n) is 6.26. The van der Waals surface area contributed by atoms with Crippen molar-refractivity contribution in [2.24, 2.45) is 5.92 Å².